The van der Waals surface area contributed by atoms with Crippen LogP contribution in [0, 0.1) is 0 Å². The standard InChI is InChI=1S/C76H134O6/c1-4-7-10-13-16-19-22-25-28-31-33-34-35-36-37-38-39-40-41-42-43-46-48-51-54-57-60-63-66-69-75(78)81-72-73(71-80-74(77)68-65-62-59-56-53-50-47-44-30-27-24-21-18-15-12-9-6-3)82-76(79)70-67-64-61-58-55-52-49-45-32-29-26-23-20-17-14-11-8-5-2/h7,10,16,19,25,28,33-34,36-37,39-40,42-43,73H,4-6,8-9,11-15,17-18,20-24,26-27,29-32,35,38,41,44-72H2,1-3H3/b10-7-,19-16-,28-25-,34-33-,37-36-,40-39-,43-42-. The van der Waals surface area contributed by atoms with Crippen LogP contribution in [0.15, 0.2) is 85.1 Å². The number of carbonyl (C=O) groups is 3. The molecular weight excluding hydrogens is 1010 g/mol. The Morgan fingerprint density at radius 3 is 0.744 bits per heavy atom. The molecule has 0 aromatic rings. The first kappa shape index (κ1) is 78.6. The van der Waals surface area contributed by atoms with Crippen LogP contribution >= 0.6 is 0 Å². The summed E-state index contributed by atoms with van der Waals surface area (Å²) in [5.41, 5.74) is 0. The Morgan fingerprint density at radius 1 is 0.256 bits per heavy atom. The molecule has 0 rings (SSSR count). The van der Waals surface area contributed by atoms with E-state index >= 15 is 0 Å². The predicted octanol–water partition coefficient (Wildman–Crippen LogP) is 24.6. The minimum atomic E-state index is -0.780. The summed E-state index contributed by atoms with van der Waals surface area (Å²) < 4.78 is 17.0. The number of esters is 3. The Kier molecular flexibility index (Phi) is 67.2. The highest BCUT2D eigenvalue weighted by Crippen LogP contribution is 2.18. The van der Waals surface area contributed by atoms with Crippen molar-refractivity contribution < 1.29 is 28.6 Å². The summed E-state index contributed by atoms with van der Waals surface area (Å²) in [7, 11) is 0. The van der Waals surface area contributed by atoms with E-state index in [2.05, 4.69) is 106 Å². The van der Waals surface area contributed by atoms with Crippen LogP contribution in [0.2, 0.25) is 0 Å². The minimum Gasteiger partial charge on any atom is -0.462 e. The van der Waals surface area contributed by atoms with Crippen LogP contribution in [-0.2, 0) is 28.6 Å². The zero-order valence-corrected chi connectivity index (χ0v) is 54.5. The van der Waals surface area contributed by atoms with Gasteiger partial charge < -0.3 is 14.2 Å². The Morgan fingerprint density at radius 2 is 0.476 bits per heavy atom. The van der Waals surface area contributed by atoms with Crippen LogP contribution in [0.1, 0.15) is 361 Å². The van der Waals surface area contributed by atoms with E-state index in [4.69, 9.17) is 14.2 Å². The van der Waals surface area contributed by atoms with Crippen molar-refractivity contribution in [1.29, 1.82) is 0 Å². The third-order valence-corrected chi connectivity index (χ3v) is 15.7. The number of ether oxygens (including phenoxy) is 3. The monoisotopic (exact) mass is 1140 g/mol. The highest BCUT2D eigenvalue weighted by Gasteiger charge is 2.19. The molecular formula is C76H134O6. The molecule has 0 aromatic heterocycles. The van der Waals surface area contributed by atoms with Gasteiger partial charge in [0.1, 0.15) is 13.2 Å². The van der Waals surface area contributed by atoms with E-state index in [1.54, 1.807) is 0 Å². The number of allylic oxidation sites excluding steroid dienone is 14. The fraction of sp³-hybridized carbons (Fsp3) is 0.776. The molecule has 1 unspecified atom stereocenters. The molecule has 0 heterocycles. The molecule has 0 saturated carbocycles. The lowest BCUT2D eigenvalue weighted by molar-refractivity contribution is -0.167. The van der Waals surface area contributed by atoms with Gasteiger partial charge in [0.2, 0.25) is 0 Å². The van der Waals surface area contributed by atoms with E-state index in [1.165, 1.54) is 212 Å². The van der Waals surface area contributed by atoms with Gasteiger partial charge in [-0.2, -0.15) is 0 Å². The average Bonchev–Trinajstić information content (AvgIpc) is 3.47. The molecule has 0 aliphatic carbocycles. The van der Waals surface area contributed by atoms with Crippen LogP contribution < -0.4 is 0 Å². The average molecular weight is 1140 g/mol. The zero-order valence-electron chi connectivity index (χ0n) is 54.5. The summed E-state index contributed by atoms with van der Waals surface area (Å²) in [4.78, 5) is 38.5. The molecule has 6 nitrogen and oxygen atoms in total. The molecule has 0 aliphatic rings. The lowest BCUT2D eigenvalue weighted by Gasteiger charge is -2.18. The zero-order chi connectivity index (χ0) is 59.2. The molecule has 82 heavy (non-hydrogen) atoms. The molecule has 6 heteroatoms. The molecule has 1 atom stereocenters. The van der Waals surface area contributed by atoms with E-state index in [0.29, 0.717) is 19.3 Å². The van der Waals surface area contributed by atoms with Gasteiger partial charge in [-0.05, 0) is 77.0 Å². The number of carbonyl (C=O) groups excluding carboxylic acids is 3. The van der Waals surface area contributed by atoms with Crippen molar-refractivity contribution in [3.8, 4) is 0 Å². The van der Waals surface area contributed by atoms with E-state index in [9.17, 15) is 14.4 Å². The van der Waals surface area contributed by atoms with Gasteiger partial charge in [-0.15, -0.1) is 0 Å². The Bertz CT molecular complexity index is 1550. The van der Waals surface area contributed by atoms with Gasteiger partial charge in [0.25, 0.3) is 0 Å². The van der Waals surface area contributed by atoms with Crippen molar-refractivity contribution in [2.24, 2.45) is 0 Å². The highest BCUT2D eigenvalue weighted by molar-refractivity contribution is 5.71. The molecule has 0 amide bonds. The molecule has 0 aliphatic heterocycles. The molecule has 0 N–H and O–H groups in total. The summed E-state index contributed by atoms with van der Waals surface area (Å²) >= 11 is 0. The largest absolute Gasteiger partial charge is 0.462 e. The Labute approximate surface area is 509 Å². The Balaban J connectivity index is 4.33. The van der Waals surface area contributed by atoms with E-state index in [0.717, 1.165) is 109 Å². The molecule has 0 radical (unpaired) electrons. The predicted molar refractivity (Wildman–Crippen MR) is 358 cm³/mol. The second-order valence-corrected chi connectivity index (χ2v) is 23.8. The maximum atomic E-state index is 13.0. The van der Waals surface area contributed by atoms with E-state index < -0.39 is 6.10 Å². The van der Waals surface area contributed by atoms with Crippen molar-refractivity contribution in [2.45, 2.75) is 367 Å². The fourth-order valence-electron chi connectivity index (χ4n) is 10.4. The summed E-state index contributed by atoms with van der Waals surface area (Å²) in [6.45, 7) is 6.58. The lowest BCUT2D eigenvalue weighted by Crippen LogP contribution is -2.30. The molecule has 0 fully saturated rings. The van der Waals surface area contributed by atoms with Crippen molar-refractivity contribution in [3.05, 3.63) is 85.1 Å². The quantitative estimate of drug-likeness (QED) is 0.0261. The van der Waals surface area contributed by atoms with Crippen LogP contribution in [0.5, 0.6) is 0 Å². The summed E-state index contributed by atoms with van der Waals surface area (Å²) in [5.74, 6) is -0.862. The molecule has 0 bridgehead atoms. The molecule has 0 aromatic carbocycles. The smallest absolute Gasteiger partial charge is 0.306 e. The fourth-order valence-corrected chi connectivity index (χ4v) is 10.4. The first-order valence-electron chi connectivity index (χ1n) is 35.6. The van der Waals surface area contributed by atoms with Crippen LogP contribution in [0.4, 0.5) is 0 Å². The number of rotatable bonds is 65. The minimum absolute atomic E-state index is 0.0742. The van der Waals surface area contributed by atoms with Gasteiger partial charge in [0.05, 0.1) is 0 Å². The van der Waals surface area contributed by atoms with E-state index in [1.807, 2.05) is 0 Å². The second kappa shape index (κ2) is 70.1. The highest BCUT2D eigenvalue weighted by atomic mass is 16.6. The normalized spacial score (nSPS) is 12.6. The Hall–Kier alpha value is -3.41. The molecule has 0 saturated heterocycles. The van der Waals surface area contributed by atoms with Crippen LogP contribution in [-0.4, -0.2) is 37.2 Å². The first-order chi connectivity index (χ1) is 40.5. The van der Waals surface area contributed by atoms with Crippen molar-refractivity contribution >= 4 is 17.9 Å². The van der Waals surface area contributed by atoms with Gasteiger partial charge in [-0.25, -0.2) is 0 Å². The first-order valence-corrected chi connectivity index (χ1v) is 35.6. The second-order valence-electron chi connectivity index (χ2n) is 23.8. The summed E-state index contributed by atoms with van der Waals surface area (Å²) in [5, 5.41) is 0. The van der Waals surface area contributed by atoms with Gasteiger partial charge >= 0.3 is 17.9 Å². The van der Waals surface area contributed by atoms with Gasteiger partial charge in [0, 0.05) is 19.3 Å². The van der Waals surface area contributed by atoms with Gasteiger partial charge in [-0.3, -0.25) is 14.4 Å². The number of hydrogen-bond acceptors (Lipinski definition) is 6. The molecule has 0 spiro atoms. The van der Waals surface area contributed by atoms with Crippen LogP contribution in [0.3, 0.4) is 0 Å². The van der Waals surface area contributed by atoms with Crippen LogP contribution in [0.25, 0.3) is 0 Å². The third kappa shape index (κ3) is 67.4. The van der Waals surface area contributed by atoms with Crippen molar-refractivity contribution in [3.63, 3.8) is 0 Å². The maximum absolute atomic E-state index is 13.0. The lowest BCUT2D eigenvalue weighted by atomic mass is 10.0. The SMILES string of the molecule is CC/C=C\C/C=C\C/C=C\C/C=C\C/C=C\C/C=C\C/C=C\CCCCCCCCCC(=O)OCC(COC(=O)CCCCCCCCCCCCCCCCCCC)OC(=O)CCCCCCCCCCCCCCCCCCCC. The number of hydrogen-bond donors (Lipinski definition) is 0. The van der Waals surface area contributed by atoms with Gasteiger partial charge in [-0.1, -0.05) is 350 Å². The summed E-state index contributed by atoms with van der Waals surface area (Å²) in [6.07, 6.45) is 93.1. The summed E-state index contributed by atoms with van der Waals surface area (Å²) in [6, 6.07) is 0. The topological polar surface area (TPSA) is 78.9 Å². The maximum Gasteiger partial charge on any atom is 0.306 e. The third-order valence-electron chi connectivity index (χ3n) is 15.7. The van der Waals surface area contributed by atoms with Gasteiger partial charge in [0.15, 0.2) is 6.10 Å². The molecule has 474 valence electrons. The van der Waals surface area contributed by atoms with E-state index in [-0.39, 0.29) is 31.1 Å². The van der Waals surface area contributed by atoms with Crippen molar-refractivity contribution in [1.82, 2.24) is 0 Å². The van der Waals surface area contributed by atoms with Crippen molar-refractivity contribution in [2.75, 3.05) is 13.2 Å². The number of unbranched alkanes of at least 4 members (excludes halogenated alkanes) is 40.